The second-order valence-electron chi connectivity index (χ2n) is 6.01. The van der Waals surface area contributed by atoms with Gasteiger partial charge >= 0.3 is 0 Å². The van der Waals surface area contributed by atoms with Crippen LogP contribution in [0.25, 0.3) is 0 Å². The third-order valence-corrected chi connectivity index (χ3v) is 4.10. The second-order valence-corrected chi connectivity index (χ2v) is 6.01. The van der Waals surface area contributed by atoms with E-state index in [4.69, 9.17) is 4.74 Å². The third-order valence-electron chi connectivity index (χ3n) is 4.10. The van der Waals surface area contributed by atoms with Crippen molar-refractivity contribution in [2.75, 3.05) is 38.7 Å². The third kappa shape index (κ3) is 3.41. The van der Waals surface area contributed by atoms with E-state index in [-0.39, 0.29) is 12.0 Å². The topological polar surface area (TPSA) is 63.5 Å². The van der Waals surface area contributed by atoms with Gasteiger partial charge in [-0.2, -0.15) is 5.10 Å². The molecule has 24 heavy (non-hydrogen) atoms. The number of carbonyl (C=O) groups is 1. The van der Waals surface area contributed by atoms with E-state index >= 15 is 0 Å². The average molecular weight is 329 g/mol. The van der Waals surface area contributed by atoms with Crippen molar-refractivity contribution >= 4 is 11.7 Å². The van der Waals surface area contributed by atoms with Crippen LogP contribution < -0.4 is 4.90 Å². The van der Waals surface area contributed by atoms with Crippen molar-refractivity contribution in [1.29, 1.82) is 0 Å². The first-order chi connectivity index (χ1) is 11.6. The Balaban J connectivity index is 1.74. The number of aromatic nitrogens is 3. The van der Waals surface area contributed by atoms with Crippen LogP contribution in [0.1, 0.15) is 29.1 Å². The van der Waals surface area contributed by atoms with Crippen LogP contribution in [-0.4, -0.2) is 59.4 Å². The van der Waals surface area contributed by atoms with E-state index in [2.05, 4.69) is 10.1 Å². The normalized spacial score (nSPS) is 17.8. The first-order valence-corrected chi connectivity index (χ1v) is 8.16. The molecule has 1 aliphatic heterocycles. The number of nitrogens with zero attached hydrogens (tertiary/aromatic N) is 5. The maximum Gasteiger partial charge on any atom is 0.257 e. The molecule has 0 N–H and O–H groups in total. The van der Waals surface area contributed by atoms with Crippen LogP contribution in [0, 0.1) is 0 Å². The fraction of sp³-hybridized carbons (Fsp3) is 0.471. The Kier molecular flexibility index (Phi) is 4.80. The Morgan fingerprint density at radius 3 is 2.96 bits per heavy atom. The molecule has 1 amide bonds. The zero-order valence-corrected chi connectivity index (χ0v) is 14.3. The van der Waals surface area contributed by atoms with Gasteiger partial charge in [-0.15, -0.1) is 0 Å². The maximum absolute atomic E-state index is 12.7. The predicted molar refractivity (Wildman–Crippen MR) is 91.1 cm³/mol. The molecular formula is C17H23N5O2. The van der Waals surface area contributed by atoms with Crippen molar-refractivity contribution in [1.82, 2.24) is 19.7 Å². The van der Waals surface area contributed by atoms with Crippen molar-refractivity contribution in [3.05, 3.63) is 41.9 Å². The maximum atomic E-state index is 12.7. The van der Waals surface area contributed by atoms with Gasteiger partial charge in [-0.1, -0.05) is 6.07 Å². The molecule has 3 rings (SSSR count). The molecule has 0 spiro atoms. The van der Waals surface area contributed by atoms with Crippen LogP contribution in [0.15, 0.2) is 30.6 Å². The van der Waals surface area contributed by atoms with Crippen LogP contribution in [0.4, 0.5) is 5.82 Å². The number of morpholine rings is 1. The fourth-order valence-corrected chi connectivity index (χ4v) is 2.71. The summed E-state index contributed by atoms with van der Waals surface area (Å²) in [6.07, 6.45) is 3.21. The number of rotatable bonds is 4. The Hall–Kier alpha value is -2.41. The molecule has 0 unspecified atom stereocenters. The number of hydrogen-bond acceptors (Lipinski definition) is 5. The smallest absolute Gasteiger partial charge is 0.257 e. The van der Waals surface area contributed by atoms with Crippen LogP contribution in [0.3, 0.4) is 0 Å². The van der Waals surface area contributed by atoms with Gasteiger partial charge in [-0.25, -0.2) is 4.98 Å². The highest BCUT2D eigenvalue weighted by Crippen LogP contribution is 2.23. The quantitative estimate of drug-likeness (QED) is 0.852. The Morgan fingerprint density at radius 1 is 1.42 bits per heavy atom. The monoisotopic (exact) mass is 329 g/mol. The molecule has 7 heteroatoms. The lowest BCUT2D eigenvalue weighted by Gasteiger charge is -2.32. The molecule has 0 bridgehead atoms. The number of pyridine rings is 1. The summed E-state index contributed by atoms with van der Waals surface area (Å²) in [5.41, 5.74) is 1.47. The van der Waals surface area contributed by atoms with E-state index in [0.29, 0.717) is 25.3 Å². The molecule has 0 aliphatic carbocycles. The van der Waals surface area contributed by atoms with Gasteiger partial charge in [0, 0.05) is 33.4 Å². The zero-order valence-electron chi connectivity index (χ0n) is 14.3. The number of carbonyl (C=O) groups excluding carboxylic acids is 1. The SMILES string of the molecule is CCn1cc(C(=O)N2CCO[C@@H](c3cccc(N(C)C)n3)C2)cn1. The summed E-state index contributed by atoms with van der Waals surface area (Å²) >= 11 is 0. The Morgan fingerprint density at radius 2 is 2.25 bits per heavy atom. The molecule has 0 saturated carbocycles. The summed E-state index contributed by atoms with van der Waals surface area (Å²) in [4.78, 5) is 21.1. The minimum atomic E-state index is -0.205. The van der Waals surface area contributed by atoms with Gasteiger partial charge in [-0.05, 0) is 19.1 Å². The largest absolute Gasteiger partial charge is 0.368 e. The van der Waals surface area contributed by atoms with E-state index in [1.165, 1.54) is 0 Å². The van der Waals surface area contributed by atoms with Crippen LogP contribution in [0.2, 0.25) is 0 Å². The van der Waals surface area contributed by atoms with Gasteiger partial charge in [0.2, 0.25) is 0 Å². The minimum absolute atomic E-state index is 0.00763. The van der Waals surface area contributed by atoms with Crippen LogP contribution in [0.5, 0.6) is 0 Å². The fourth-order valence-electron chi connectivity index (χ4n) is 2.71. The van der Waals surface area contributed by atoms with Crippen molar-refractivity contribution in [3.8, 4) is 0 Å². The van der Waals surface area contributed by atoms with Crippen LogP contribution >= 0.6 is 0 Å². The molecule has 128 valence electrons. The molecule has 3 heterocycles. The molecule has 1 atom stereocenters. The van der Waals surface area contributed by atoms with Gasteiger partial charge < -0.3 is 14.5 Å². The molecular weight excluding hydrogens is 306 g/mol. The summed E-state index contributed by atoms with van der Waals surface area (Å²) in [7, 11) is 3.91. The van der Waals surface area contributed by atoms with Gasteiger partial charge in [0.25, 0.3) is 5.91 Å². The minimum Gasteiger partial charge on any atom is -0.368 e. The van der Waals surface area contributed by atoms with E-state index in [0.717, 1.165) is 18.1 Å². The van der Waals surface area contributed by atoms with Gasteiger partial charge in [0.05, 0.1) is 30.6 Å². The first-order valence-electron chi connectivity index (χ1n) is 8.16. The van der Waals surface area contributed by atoms with Crippen molar-refractivity contribution < 1.29 is 9.53 Å². The number of anilines is 1. The van der Waals surface area contributed by atoms with Gasteiger partial charge in [-0.3, -0.25) is 9.48 Å². The number of amides is 1. The van der Waals surface area contributed by atoms with E-state index in [1.807, 2.05) is 49.0 Å². The zero-order chi connectivity index (χ0) is 17.1. The van der Waals surface area contributed by atoms with Crippen molar-refractivity contribution in [3.63, 3.8) is 0 Å². The highest BCUT2D eigenvalue weighted by Gasteiger charge is 2.27. The standard InChI is InChI=1S/C17H23N5O2/c1-4-22-11-13(10-18-22)17(23)21-8-9-24-15(12-21)14-6-5-7-16(19-14)20(2)3/h5-7,10-11,15H,4,8-9,12H2,1-3H3/t15-/m1/s1. The lowest BCUT2D eigenvalue weighted by atomic mass is 10.1. The van der Waals surface area contributed by atoms with E-state index in [9.17, 15) is 4.79 Å². The van der Waals surface area contributed by atoms with Crippen molar-refractivity contribution in [2.45, 2.75) is 19.6 Å². The van der Waals surface area contributed by atoms with Crippen LogP contribution in [-0.2, 0) is 11.3 Å². The highest BCUT2D eigenvalue weighted by molar-refractivity contribution is 5.93. The molecule has 0 radical (unpaired) electrons. The molecule has 1 aliphatic rings. The first kappa shape index (κ1) is 16.4. The summed E-state index contributed by atoms with van der Waals surface area (Å²) in [6.45, 7) is 4.34. The summed E-state index contributed by atoms with van der Waals surface area (Å²) < 4.78 is 7.60. The second kappa shape index (κ2) is 7.00. The number of ether oxygens (including phenoxy) is 1. The molecule has 2 aromatic rings. The summed E-state index contributed by atoms with van der Waals surface area (Å²) in [6, 6.07) is 5.86. The van der Waals surface area contributed by atoms with Gasteiger partial charge in [0.15, 0.2) is 0 Å². The Labute approximate surface area is 141 Å². The lowest BCUT2D eigenvalue weighted by molar-refractivity contribution is -0.0246. The predicted octanol–water partition coefficient (Wildman–Crippen LogP) is 1.58. The lowest BCUT2D eigenvalue weighted by Crippen LogP contribution is -2.42. The molecule has 0 aromatic carbocycles. The molecule has 1 fully saturated rings. The molecule has 7 nitrogen and oxygen atoms in total. The van der Waals surface area contributed by atoms with Crippen molar-refractivity contribution in [2.24, 2.45) is 0 Å². The number of hydrogen-bond donors (Lipinski definition) is 0. The average Bonchev–Trinajstić information content (AvgIpc) is 3.10. The number of aryl methyl sites for hydroxylation is 1. The summed E-state index contributed by atoms with van der Waals surface area (Å²) in [5.74, 6) is 0.871. The Bertz CT molecular complexity index is 713. The van der Waals surface area contributed by atoms with E-state index in [1.54, 1.807) is 17.1 Å². The molecule has 2 aromatic heterocycles. The molecule has 1 saturated heterocycles. The highest BCUT2D eigenvalue weighted by atomic mass is 16.5. The summed E-state index contributed by atoms with van der Waals surface area (Å²) in [5, 5.41) is 4.18. The van der Waals surface area contributed by atoms with Gasteiger partial charge in [0.1, 0.15) is 11.9 Å². The van der Waals surface area contributed by atoms with E-state index < -0.39 is 0 Å².